The van der Waals surface area contributed by atoms with Crippen molar-refractivity contribution in [3.8, 4) is 5.75 Å². The number of carbonyl (C=O) groups excluding carboxylic acids is 1. The molecule has 1 amide bonds. The number of rotatable bonds is 3. The normalized spacial score (nSPS) is 22.9. The first-order valence-electron chi connectivity index (χ1n) is 6.44. The highest BCUT2D eigenvalue weighted by molar-refractivity contribution is 5.99. The first-order valence-corrected chi connectivity index (χ1v) is 6.44. The number of aromatic hydroxyl groups is 1. The third kappa shape index (κ3) is 2.75. The summed E-state index contributed by atoms with van der Waals surface area (Å²) in [5.41, 5.74) is 6.47. The fourth-order valence-electron chi connectivity index (χ4n) is 2.59. The minimum atomic E-state index is -0.206. The van der Waals surface area contributed by atoms with Crippen LogP contribution in [-0.4, -0.2) is 17.6 Å². The van der Waals surface area contributed by atoms with Gasteiger partial charge in [0.1, 0.15) is 5.75 Å². The van der Waals surface area contributed by atoms with Crippen LogP contribution < -0.4 is 11.1 Å². The summed E-state index contributed by atoms with van der Waals surface area (Å²) in [6.45, 7) is 2.92. The molecule has 1 aliphatic carbocycles. The van der Waals surface area contributed by atoms with Gasteiger partial charge in [-0.1, -0.05) is 19.8 Å². The maximum Gasteiger partial charge on any atom is 0.253 e. The number of amides is 1. The smallest absolute Gasteiger partial charge is 0.253 e. The molecule has 0 radical (unpaired) electrons. The van der Waals surface area contributed by atoms with E-state index >= 15 is 0 Å². The van der Waals surface area contributed by atoms with Crippen LogP contribution in [0.15, 0.2) is 18.2 Å². The van der Waals surface area contributed by atoms with Crippen LogP contribution in [0.1, 0.15) is 36.5 Å². The lowest BCUT2D eigenvalue weighted by Crippen LogP contribution is -2.30. The number of nitrogen functional groups attached to an aromatic ring is 1. The van der Waals surface area contributed by atoms with Gasteiger partial charge < -0.3 is 16.2 Å². The molecule has 1 fully saturated rings. The number of phenols is 1. The molecule has 1 aliphatic rings. The maximum absolute atomic E-state index is 12.0. The Kier molecular flexibility index (Phi) is 3.75. The van der Waals surface area contributed by atoms with Crippen LogP contribution in [0.5, 0.6) is 5.75 Å². The summed E-state index contributed by atoms with van der Waals surface area (Å²) >= 11 is 0. The lowest BCUT2D eigenvalue weighted by molar-refractivity contribution is 0.0945. The Balaban J connectivity index is 1.97. The fourth-order valence-corrected chi connectivity index (χ4v) is 2.59. The van der Waals surface area contributed by atoms with E-state index in [1.807, 2.05) is 0 Å². The van der Waals surface area contributed by atoms with Crippen LogP contribution in [0.25, 0.3) is 0 Å². The molecule has 0 aliphatic heterocycles. The van der Waals surface area contributed by atoms with Gasteiger partial charge in [-0.3, -0.25) is 4.79 Å². The molecule has 2 unspecified atom stereocenters. The molecule has 0 bridgehead atoms. The van der Waals surface area contributed by atoms with Gasteiger partial charge in [0.25, 0.3) is 5.91 Å². The van der Waals surface area contributed by atoms with Gasteiger partial charge in [-0.05, 0) is 36.5 Å². The van der Waals surface area contributed by atoms with Gasteiger partial charge in [0.2, 0.25) is 0 Å². The summed E-state index contributed by atoms with van der Waals surface area (Å²) in [6, 6.07) is 4.43. The summed E-state index contributed by atoms with van der Waals surface area (Å²) in [5, 5.41) is 12.3. The van der Waals surface area contributed by atoms with Crippen LogP contribution in [0.3, 0.4) is 0 Å². The third-order valence-electron chi connectivity index (χ3n) is 3.85. The number of nitrogens with one attached hydrogen (secondary N) is 1. The standard InChI is InChI=1S/C14H20N2O2/c1-9-3-2-4-10(9)8-16-14(18)12-7-11(17)5-6-13(12)15/h5-7,9-10,17H,2-4,8,15H2,1H3,(H,16,18). The lowest BCUT2D eigenvalue weighted by Gasteiger charge is -2.16. The third-order valence-corrected chi connectivity index (χ3v) is 3.85. The molecule has 18 heavy (non-hydrogen) atoms. The predicted molar refractivity (Wildman–Crippen MR) is 71.4 cm³/mol. The molecule has 1 aromatic carbocycles. The van der Waals surface area contributed by atoms with Crippen molar-refractivity contribution in [1.82, 2.24) is 5.32 Å². The van der Waals surface area contributed by atoms with E-state index in [0.717, 1.165) is 0 Å². The quantitative estimate of drug-likeness (QED) is 0.566. The Morgan fingerprint density at radius 1 is 1.50 bits per heavy atom. The highest BCUT2D eigenvalue weighted by atomic mass is 16.3. The second-order valence-corrected chi connectivity index (χ2v) is 5.15. The number of hydrogen-bond donors (Lipinski definition) is 3. The molecule has 0 spiro atoms. The summed E-state index contributed by atoms with van der Waals surface area (Å²) in [7, 11) is 0. The summed E-state index contributed by atoms with van der Waals surface area (Å²) < 4.78 is 0. The van der Waals surface area contributed by atoms with E-state index in [2.05, 4.69) is 12.2 Å². The van der Waals surface area contributed by atoms with Crippen molar-refractivity contribution in [2.24, 2.45) is 11.8 Å². The van der Waals surface area contributed by atoms with E-state index in [0.29, 0.717) is 29.6 Å². The average Bonchev–Trinajstić information content (AvgIpc) is 2.75. The first kappa shape index (κ1) is 12.7. The monoisotopic (exact) mass is 248 g/mol. The largest absolute Gasteiger partial charge is 0.508 e. The Bertz CT molecular complexity index is 445. The molecule has 0 saturated heterocycles. The van der Waals surface area contributed by atoms with E-state index in [1.165, 1.54) is 31.4 Å². The predicted octanol–water partition coefficient (Wildman–Crippen LogP) is 2.14. The number of phenolic OH excluding ortho intramolecular Hbond substituents is 1. The molecular weight excluding hydrogens is 228 g/mol. The fraction of sp³-hybridized carbons (Fsp3) is 0.500. The second kappa shape index (κ2) is 5.29. The molecular formula is C14H20N2O2. The Morgan fingerprint density at radius 2 is 2.28 bits per heavy atom. The molecule has 0 heterocycles. The van der Waals surface area contributed by atoms with E-state index in [4.69, 9.17) is 5.73 Å². The number of carbonyl (C=O) groups is 1. The van der Waals surface area contributed by atoms with Gasteiger partial charge in [-0.15, -0.1) is 0 Å². The molecule has 4 nitrogen and oxygen atoms in total. The van der Waals surface area contributed by atoms with E-state index in [9.17, 15) is 9.90 Å². The van der Waals surface area contributed by atoms with Crippen molar-refractivity contribution in [2.45, 2.75) is 26.2 Å². The van der Waals surface area contributed by atoms with Crippen molar-refractivity contribution in [2.75, 3.05) is 12.3 Å². The number of nitrogens with two attached hydrogens (primary N) is 1. The van der Waals surface area contributed by atoms with Gasteiger partial charge >= 0.3 is 0 Å². The van der Waals surface area contributed by atoms with Crippen molar-refractivity contribution < 1.29 is 9.90 Å². The maximum atomic E-state index is 12.0. The summed E-state index contributed by atoms with van der Waals surface area (Å²) in [6.07, 6.45) is 3.67. The molecule has 0 aromatic heterocycles. The summed E-state index contributed by atoms with van der Waals surface area (Å²) in [5.74, 6) is 1.09. The molecule has 4 N–H and O–H groups in total. The Labute approximate surface area is 107 Å². The Hall–Kier alpha value is -1.71. The molecule has 1 aromatic rings. The van der Waals surface area contributed by atoms with Crippen molar-refractivity contribution in [3.05, 3.63) is 23.8 Å². The molecule has 1 saturated carbocycles. The van der Waals surface area contributed by atoms with E-state index in [1.54, 1.807) is 6.07 Å². The highest BCUT2D eigenvalue weighted by Crippen LogP contribution is 2.30. The zero-order valence-corrected chi connectivity index (χ0v) is 10.6. The van der Waals surface area contributed by atoms with E-state index in [-0.39, 0.29) is 11.7 Å². The van der Waals surface area contributed by atoms with Crippen molar-refractivity contribution >= 4 is 11.6 Å². The van der Waals surface area contributed by atoms with Gasteiger partial charge in [0, 0.05) is 12.2 Å². The zero-order valence-electron chi connectivity index (χ0n) is 10.6. The van der Waals surface area contributed by atoms with Crippen molar-refractivity contribution in [3.63, 3.8) is 0 Å². The molecule has 4 heteroatoms. The van der Waals surface area contributed by atoms with Crippen LogP contribution in [0.4, 0.5) is 5.69 Å². The van der Waals surface area contributed by atoms with Crippen LogP contribution >= 0.6 is 0 Å². The van der Waals surface area contributed by atoms with Crippen molar-refractivity contribution in [1.29, 1.82) is 0 Å². The van der Waals surface area contributed by atoms with E-state index < -0.39 is 0 Å². The molecule has 2 atom stereocenters. The lowest BCUT2D eigenvalue weighted by atomic mass is 9.98. The highest BCUT2D eigenvalue weighted by Gasteiger charge is 2.23. The zero-order chi connectivity index (χ0) is 13.1. The number of benzene rings is 1. The SMILES string of the molecule is CC1CCCC1CNC(=O)c1cc(O)ccc1N. The minimum absolute atomic E-state index is 0.0589. The summed E-state index contributed by atoms with van der Waals surface area (Å²) in [4.78, 5) is 12.0. The number of hydrogen-bond acceptors (Lipinski definition) is 3. The average molecular weight is 248 g/mol. The van der Waals surface area contributed by atoms with Crippen LogP contribution in [-0.2, 0) is 0 Å². The van der Waals surface area contributed by atoms with Gasteiger partial charge in [0.05, 0.1) is 5.56 Å². The topological polar surface area (TPSA) is 75.3 Å². The van der Waals surface area contributed by atoms with Crippen LogP contribution in [0.2, 0.25) is 0 Å². The molecule has 2 rings (SSSR count). The number of anilines is 1. The second-order valence-electron chi connectivity index (χ2n) is 5.15. The first-order chi connectivity index (χ1) is 8.58. The molecule has 98 valence electrons. The minimum Gasteiger partial charge on any atom is -0.508 e. The van der Waals surface area contributed by atoms with Gasteiger partial charge in [-0.2, -0.15) is 0 Å². The van der Waals surface area contributed by atoms with Crippen LogP contribution in [0, 0.1) is 11.8 Å². The van der Waals surface area contributed by atoms with Gasteiger partial charge in [-0.25, -0.2) is 0 Å². The Morgan fingerprint density at radius 3 is 2.94 bits per heavy atom. The van der Waals surface area contributed by atoms with Gasteiger partial charge in [0.15, 0.2) is 0 Å².